The summed E-state index contributed by atoms with van der Waals surface area (Å²) in [5.74, 6) is 0.761. The lowest BCUT2D eigenvalue weighted by atomic mass is 9.69. The minimum atomic E-state index is 0.272. The zero-order chi connectivity index (χ0) is 11.1. The fourth-order valence-electron chi connectivity index (χ4n) is 2.96. The highest BCUT2D eigenvalue weighted by Gasteiger charge is 2.45. The lowest BCUT2D eigenvalue weighted by molar-refractivity contribution is 0.0861. The molecule has 86 valence electrons. The fourth-order valence-corrected chi connectivity index (χ4v) is 2.96. The average molecular weight is 209 g/mol. The lowest BCUT2D eigenvalue weighted by Gasteiger charge is -2.46. The number of hydrogen-bond acceptors (Lipinski definition) is 3. The monoisotopic (exact) mass is 209 g/mol. The quantitative estimate of drug-likeness (QED) is 0.717. The Hall–Kier alpha value is -0.730. The maximum atomic E-state index is 5.94. The van der Waals surface area contributed by atoms with E-state index in [1.807, 2.05) is 0 Å². The third-order valence-electron chi connectivity index (χ3n) is 4.23. The molecular weight excluding hydrogens is 186 g/mol. The van der Waals surface area contributed by atoms with Crippen molar-refractivity contribution in [3.05, 3.63) is 0 Å². The van der Waals surface area contributed by atoms with Gasteiger partial charge in [0.25, 0.3) is 0 Å². The summed E-state index contributed by atoms with van der Waals surface area (Å²) in [6.07, 6.45) is 5.09. The molecule has 1 fully saturated rings. The summed E-state index contributed by atoms with van der Waals surface area (Å²) < 4.78 is 0. The van der Waals surface area contributed by atoms with Crippen LogP contribution >= 0.6 is 0 Å². The topological polar surface area (TPSA) is 41.6 Å². The van der Waals surface area contributed by atoms with Crippen molar-refractivity contribution in [3.63, 3.8) is 0 Å². The molecule has 2 aliphatic rings. The molecule has 2 rings (SSSR count). The van der Waals surface area contributed by atoms with Gasteiger partial charge in [-0.1, -0.05) is 13.8 Å². The van der Waals surface area contributed by atoms with Gasteiger partial charge in [-0.2, -0.15) is 0 Å². The van der Waals surface area contributed by atoms with E-state index in [2.05, 4.69) is 30.7 Å². The summed E-state index contributed by atoms with van der Waals surface area (Å²) in [5, 5.41) is 0. The van der Waals surface area contributed by atoms with Crippen LogP contribution in [0.4, 0.5) is 0 Å². The highest BCUT2D eigenvalue weighted by molar-refractivity contribution is 5.81. The SMILES string of the molecule is CCN1C(N)=NCC12CCC(C)(C)CC2. The highest BCUT2D eigenvalue weighted by atomic mass is 15.4. The Kier molecular flexibility index (Phi) is 2.44. The molecule has 1 aliphatic heterocycles. The summed E-state index contributed by atoms with van der Waals surface area (Å²) in [7, 11) is 0. The van der Waals surface area contributed by atoms with E-state index in [0.717, 1.165) is 19.0 Å². The van der Waals surface area contributed by atoms with Crippen molar-refractivity contribution in [3.8, 4) is 0 Å². The molecule has 0 radical (unpaired) electrons. The van der Waals surface area contributed by atoms with E-state index in [-0.39, 0.29) is 5.54 Å². The second-order valence-electron chi connectivity index (χ2n) is 5.81. The van der Waals surface area contributed by atoms with Crippen LogP contribution in [0.1, 0.15) is 46.5 Å². The molecule has 0 amide bonds. The van der Waals surface area contributed by atoms with Crippen molar-refractivity contribution in [1.82, 2.24) is 4.90 Å². The van der Waals surface area contributed by atoms with E-state index >= 15 is 0 Å². The fraction of sp³-hybridized carbons (Fsp3) is 0.917. The second-order valence-corrected chi connectivity index (χ2v) is 5.81. The molecular formula is C12H23N3. The molecule has 1 aliphatic carbocycles. The van der Waals surface area contributed by atoms with Gasteiger partial charge in [-0.15, -0.1) is 0 Å². The van der Waals surface area contributed by atoms with Crippen LogP contribution in [-0.2, 0) is 0 Å². The summed E-state index contributed by atoms with van der Waals surface area (Å²) in [6.45, 7) is 8.83. The first kappa shape index (κ1) is 10.8. The maximum Gasteiger partial charge on any atom is 0.191 e. The molecule has 2 N–H and O–H groups in total. The Morgan fingerprint density at radius 1 is 1.27 bits per heavy atom. The summed E-state index contributed by atoms with van der Waals surface area (Å²) in [4.78, 5) is 6.76. The van der Waals surface area contributed by atoms with Gasteiger partial charge >= 0.3 is 0 Å². The second kappa shape index (κ2) is 3.39. The third-order valence-corrected chi connectivity index (χ3v) is 4.23. The van der Waals surface area contributed by atoms with Crippen molar-refractivity contribution in [2.24, 2.45) is 16.1 Å². The number of rotatable bonds is 1. The van der Waals surface area contributed by atoms with Gasteiger partial charge in [0.1, 0.15) is 0 Å². The van der Waals surface area contributed by atoms with Gasteiger partial charge in [0, 0.05) is 6.54 Å². The van der Waals surface area contributed by atoms with Crippen LogP contribution in [0.3, 0.4) is 0 Å². The van der Waals surface area contributed by atoms with E-state index in [1.54, 1.807) is 0 Å². The smallest absolute Gasteiger partial charge is 0.191 e. The number of nitrogens with two attached hydrogens (primary N) is 1. The molecule has 0 unspecified atom stereocenters. The minimum absolute atomic E-state index is 0.272. The zero-order valence-corrected chi connectivity index (χ0v) is 10.2. The standard InChI is InChI=1S/C12H23N3/c1-4-15-10(13)14-9-12(15)7-5-11(2,3)6-8-12/h4-9H2,1-3H3,(H2,13,14). The first-order valence-corrected chi connectivity index (χ1v) is 6.07. The molecule has 0 aromatic carbocycles. The predicted molar refractivity (Wildman–Crippen MR) is 63.8 cm³/mol. The van der Waals surface area contributed by atoms with Gasteiger partial charge in [-0.25, -0.2) is 0 Å². The van der Waals surface area contributed by atoms with Crippen molar-refractivity contribution in [1.29, 1.82) is 0 Å². The summed E-state index contributed by atoms with van der Waals surface area (Å²) in [6, 6.07) is 0. The molecule has 1 heterocycles. The third kappa shape index (κ3) is 1.72. The Morgan fingerprint density at radius 2 is 1.87 bits per heavy atom. The first-order chi connectivity index (χ1) is 6.99. The van der Waals surface area contributed by atoms with Crippen LogP contribution in [-0.4, -0.2) is 29.5 Å². The van der Waals surface area contributed by atoms with E-state index in [4.69, 9.17) is 5.73 Å². The molecule has 3 heteroatoms. The summed E-state index contributed by atoms with van der Waals surface area (Å²) in [5.41, 5.74) is 6.73. The number of likely N-dealkylation sites (N-methyl/N-ethyl adjacent to an activating group) is 1. The summed E-state index contributed by atoms with van der Waals surface area (Å²) >= 11 is 0. The average Bonchev–Trinajstić information content (AvgIpc) is 2.49. The number of nitrogens with zero attached hydrogens (tertiary/aromatic N) is 2. The number of guanidine groups is 1. The van der Waals surface area contributed by atoms with E-state index in [0.29, 0.717) is 5.41 Å². The molecule has 1 spiro atoms. The van der Waals surface area contributed by atoms with Crippen LogP contribution in [0.5, 0.6) is 0 Å². The van der Waals surface area contributed by atoms with Crippen molar-refractivity contribution in [2.45, 2.75) is 52.0 Å². The molecule has 0 aromatic heterocycles. The van der Waals surface area contributed by atoms with Gasteiger partial charge in [-0.05, 0) is 38.0 Å². The minimum Gasteiger partial charge on any atom is -0.370 e. The van der Waals surface area contributed by atoms with Gasteiger partial charge < -0.3 is 10.6 Å². The normalized spacial score (nSPS) is 28.2. The van der Waals surface area contributed by atoms with Crippen molar-refractivity contribution < 1.29 is 0 Å². The molecule has 0 atom stereocenters. The number of aliphatic imine (C=N–C) groups is 1. The van der Waals surface area contributed by atoms with Gasteiger partial charge in [0.2, 0.25) is 0 Å². The van der Waals surface area contributed by atoms with Crippen molar-refractivity contribution >= 4 is 5.96 Å². The van der Waals surface area contributed by atoms with Gasteiger partial charge in [0.15, 0.2) is 5.96 Å². The Labute approximate surface area is 92.7 Å². The van der Waals surface area contributed by atoms with Crippen LogP contribution in [0.25, 0.3) is 0 Å². The van der Waals surface area contributed by atoms with Crippen LogP contribution in [0.15, 0.2) is 4.99 Å². The maximum absolute atomic E-state index is 5.94. The molecule has 3 nitrogen and oxygen atoms in total. The predicted octanol–water partition coefficient (Wildman–Crippen LogP) is 1.98. The Bertz CT molecular complexity index is 271. The molecule has 1 saturated carbocycles. The molecule has 0 bridgehead atoms. The Balaban J connectivity index is 2.11. The van der Waals surface area contributed by atoms with Crippen LogP contribution in [0, 0.1) is 5.41 Å². The van der Waals surface area contributed by atoms with Crippen LogP contribution < -0.4 is 5.73 Å². The zero-order valence-electron chi connectivity index (χ0n) is 10.2. The Morgan fingerprint density at radius 3 is 2.40 bits per heavy atom. The molecule has 0 aromatic rings. The largest absolute Gasteiger partial charge is 0.370 e. The molecule has 0 saturated heterocycles. The van der Waals surface area contributed by atoms with Gasteiger partial charge in [0.05, 0.1) is 12.1 Å². The highest BCUT2D eigenvalue weighted by Crippen LogP contribution is 2.44. The first-order valence-electron chi connectivity index (χ1n) is 6.07. The lowest BCUT2D eigenvalue weighted by Crippen LogP contribution is -2.54. The van der Waals surface area contributed by atoms with E-state index in [1.165, 1.54) is 25.7 Å². The van der Waals surface area contributed by atoms with Gasteiger partial charge in [-0.3, -0.25) is 4.99 Å². The van der Waals surface area contributed by atoms with E-state index in [9.17, 15) is 0 Å². The van der Waals surface area contributed by atoms with E-state index < -0.39 is 0 Å². The van der Waals surface area contributed by atoms with Crippen LogP contribution in [0.2, 0.25) is 0 Å². The molecule has 15 heavy (non-hydrogen) atoms. The van der Waals surface area contributed by atoms with Crippen molar-refractivity contribution in [2.75, 3.05) is 13.1 Å². The number of hydrogen-bond donors (Lipinski definition) is 1.